The van der Waals surface area contributed by atoms with Crippen LogP contribution in [0.2, 0.25) is 0 Å². The van der Waals surface area contributed by atoms with Gasteiger partial charge < -0.3 is 9.80 Å². The molecule has 0 fully saturated rings. The topological polar surface area (TPSA) is 6.48 Å². The van der Waals surface area contributed by atoms with E-state index in [9.17, 15) is 0 Å². The van der Waals surface area contributed by atoms with Gasteiger partial charge in [0, 0.05) is 39.2 Å². The Morgan fingerprint density at radius 3 is 1.44 bits per heavy atom. The second kappa shape index (κ2) is 15.8. The number of nitrogens with zero attached hydrogens (tertiary/aromatic N) is 2. The Balaban J connectivity index is 0.994. The predicted octanol–water partition coefficient (Wildman–Crippen LogP) is 17.1. The Morgan fingerprint density at radius 1 is 0.270 bits per heavy atom. The predicted molar refractivity (Wildman–Crippen MR) is 267 cm³/mol. The summed E-state index contributed by atoms with van der Waals surface area (Å²) in [5.74, 6) is 0. The van der Waals surface area contributed by atoms with Crippen LogP contribution in [0.4, 0.5) is 34.1 Å². The van der Waals surface area contributed by atoms with Crippen molar-refractivity contribution in [3.05, 3.63) is 254 Å². The number of para-hydroxylation sites is 1. The van der Waals surface area contributed by atoms with Gasteiger partial charge in [-0.2, -0.15) is 0 Å². The van der Waals surface area contributed by atoms with E-state index in [1.807, 2.05) is 0 Å². The van der Waals surface area contributed by atoms with Crippen LogP contribution in [0.15, 0.2) is 243 Å². The maximum Gasteiger partial charge on any atom is 0.0540 e. The quantitative estimate of drug-likeness (QED) is 0.143. The van der Waals surface area contributed by atoms with Crippen molar-refractivity contribution in [2.75, 3.05) is 9.80 Å². The molecular weight excluding hydrogens is 761 g/mol. The van der Waals surface area contributed by atoms with Crippen LogP contribution >= 0.6 is 0 Å². The first-order chi connectivity index (χ1) is 31.0. The molecule has 0 bridgehead atoms. The molecule has 0 spiro atoms. The van der Waals surface area contributed by atoms with Gasteiger partial charge in [-0.1, -0.05) is 190 Å². The summed E-state index contributed by atoms with van der Waals surface area (Å²) in [5, 5.41) is 2.41. The highest BCUT2D eigenvalue weighted by molar-refractivity contribution is 6.06. The zero-order valence-corrected chi connectivity index (χ0v) is 35.5. The van der Waals surface area contributed by atoms with Gasteiger partial charge >= 0.3 is 0 Å². The average molecular weight is 807 g/mol. The molecule has 63 heavy (non-hydrogen) atoms. The van der Waals surface area contributed by atoms with E-state index in [1.54, 1.807) is 0 Å². The van der Waals surface area contributed by atoms with Gasteiger partial charge in [0.2, 0.25) is 0 Å². The van der Waals surface area contributed by atoms with E-state index in [0.717, 1.165) is 34.1 Å². The number of fused-ring (bicyclic) bond motifs is 4. The lowest BCUT2D eigenvalue weighted by atomic mass is 9.82. The smallest absolute Gasteiger partial charge is 0.0540 e. The van der Waals surface area contributed by atoms with Gasteiger partial charge in [0.1, 0.15) is 0 Å². The molecule has 0 N–H and O–H groups in total. The SMILES string of the molecule is CC1(C)c2ccccc2-c2ccc(N(c3ccccc3)c3cccc4c(-c5ccc(N(c6ccc(-c7ccccc7)cc6)c6cccc(-c7ccccc7)c6)cc5)cccc34)cc21. The minimum Gasteiger partial charge on any atom is -0.310 e. The highest BCUT2D eigenvalue weighted by Crippen LogP contribution is 2.51. The van der Waals surface area contributed by atoms with E-state index in [-0.39, 0.29) is 5.41 Å². The Hall–Kier alpha value is -7.94. The van der Waals surface area contributed by atoms with Crippen molar-refractivity contribution < 1.29 is 0 Å². The van der Waals surface area contributed by atoms with Crippen LogP contribution in [0.1, 0.15) is 25.0 Å². The first-order valence-corrected chi connectivity index (χ1v) is 21.8. The van der Waals surface area contributed by atoms with E-state index >= 15 is 0 Å². The summed E-state index contributed by atoms with van der Waals surface area (Å²) >= 11 is 0. The third-order valence-electron chi connectivity index (χ3n) is 12.9. The van der Waals surface area contributed by atoms with Crippen molar-refractivity contribution in [3.63, 3.8) is 0 Å². The van der Waals surface area contributed by atoms with Gasteiger partial charge in [-0.25, -0.2) is 0 Å². The summed E-state index contributed by atoms with van der Waals surface area (Å²) in [7, 11) is 0. The molecule has 300 valence electrons. The molecule has 0 aromatic heterocycles. The van der Waals surface area contributed by atoms with Crippen molar-refractivity contribution in [1.82, 2.24) is 0 Å². The second-order valence-corrected chi connectivity index (χ2v) is 17.0. The molecule has 11 rings (SSSR count). The molecular formula is C61H46N2. The van der Waals surface area contributed by atoms with Gasteiger partial charge in [0.05, 0.1) is 5.69 Å². The van der Waals surface area contributed by atoms with Crippen LogP contribution in [0.5, 0.6) is 0 Å². The molecule has 0 saturated heterocycles. The van der Waals surface area contributed by atoms with Gasteiger partial charge in [-0.15, -0.1) is 0 Å². The first kappa shape index (κ1) is 38.0. The van der Waals surface area contributed by atoms with Crippen molar-refractivity contribution in [2.45, 2.75) is 19.3 Å². The lowest BCUT2D eigenvalue weighted by molar-refractivity contribution is 0.660. The molecule has 10 aromatic rings. The van der Waals surface area contributed by atoms with Crippen LogP contribution in [0, 0.1) is 0 Å². The van der Waals surface area contributed by atoms with Crippen LogP contribution in [0.25, 0.3) is 55.3 Å². The summed E-state index contributed by atoms with van der Waals surface area (Å²) in [5.41, 5.74) is 19.2. The van der Waals surface area contributed by atoms with E-state index in [0.29, 0.717) is 0 Å². The van der Waals surface area contributed by atoms with E-state index in [2.05, 4.69) is 266 Å². The molecule has 1 aliphatic carbocycles. The maximum absolute atomic E-state index is 2.43. The molecule has 0 radical (unpaired) electrons. The Bertz CT molecular complexity index is 3230. The number of benzene rings is 10. The molecule has 10 aromatic carbocycles. The molecule has 0 amide bonds. The number of anilines is 6. The molecule has 0 unspecified atom stereocenters. The Labute approximate surface area is 370 Å². The van der Waals surface area contributed by atoms with Crippen LogP contribution in [0.3, 0.4) is 0 Å². The zero-order valence-electron chi connectivity index (χ0n) is 35.5. The molecule has 0 aliphatic heterocycles. The van der Waals surface area contributed by atoms with E-state index < -0.39 is 0 Å². The monoisotopic (exact) mass is 806 g/mol. The Kier molecular flexibility index (Phi) is 9.55. The van der Waals surface area contributed by atoms with Gasteiger partial charge in [-0.05, 0) is 128 Å². The first-order valence-electron chi connectivity index (χ1n) is 21.8. The number of hydrogen-bond donors (Lipinski definition) is 0. The normalized spacial score (nSPS) is 12.4. The Morgan fingerprint density at radius 2 is 0.730 bits per heavy atom. The van der Waals surface area contributed by atoms with Crippen LogP contribution in [-0.2, 0) is 5.41 Å². The number of rotatable bonds is 9. The second-order valence-electron chi connectivity index (χ2n) is 17.0. The highest BCUT2D eigenvalue weighted by atomic mass is 15.1. The minimum absolute atomic E-state index is 0.103. The van der Waals surface area contributed by atoms with E-state index in [1.165, 1.54) is 66.4 Å². The summed E-state index contributed by atoms with van der Waals surface area (Å²) in [6.07, 6.45) is 0. The van der Waals surface area contributed by atoms with Gasteiger partial charge in [0.25, 0.3) is 0 Å². The van der Waals surface area contributed by atoms with Crippen LogP contribution < -0.4 is 9.80 Å². The fraction of sp³-hybridized carbons (Fsp3) is 0.0492. The van der Waals surface area contributed by atoms with E-state index in [4.69, 9.17) is 0 Å². The third kappa shape index (κ3) is 6.87. The zero-order chi connectivity index (χ0) is 42.3. The largest absolute Gasteiger partial charge is 0.310 e. The minimum atomic E-state index is -0.103. The summed E-state index contributed by atoms with van der Waals surface area (Å²) in [6, 6.07) is 88.2. The van der Waals surface area contributed by atoms with Gasteiger partial charge in [-0.3, -0.25) is 0 Å². The fourth-order valence-electron chi connectivity index (χ4n) is 9.70. The summed E-state index contributed by atoms with van der Waals surface area (Å²) in [4.78, 5) is 4.79. The van der Waals surface area contributed by atoms with Crippen molar-refractivity contribution in [2.24, 2.45) is 0 Å². The summed E-state index contributed by atoms with van der Waals surface area (Å²) < 4.78 is 0. The standard InChI is InChI=1S/C61H46N2/c1-61(2)58-29-13-12-25-55(58)56-40-39-52(42-59(56)61)63(48-22-10-5-11-23-48)60-30-16-27-54-53(26-15-28-57(54)60)46-33-37-50(38-34-46)62(49-35-31-45(32-36-49)43-17-6-3-7-18-43)51-24-14-21-47(41-51)44-19-8-4-9-20-44/h3-42H,1-2H3. The molecule has 0 atom stereocenters. The molecule has 1 aliphatic rings. The molecule has 0 heterocycles. The maximum atomic E-state index is 2.43. The van der Waals surface area contributed by atoms with Crippen molar-refractivity contribution in [3.8, 4) is 44.5 Å². The van der Waals surface area contributed by atoms with Crippen molar-refractivity contribution in [1.29, 1.82) is 0 Å². The average Bonchev–Trinajstić information content (AvgIpc) is 3.58. The molecule has 0 saturated carbocycles. The fourth-order valence-corrected chi connectivity index (χ4v) is 9.70. The van der Waals surface area contributed by atoms with Crippen LogP contribution in [-0.4, -0.2) is 0 Å². The lowest BCUT2D eigenvalue weighted by Crippen LogP contribution is -2.16. The molecule has 2 heteroatoms. The van der Waals surface area contributed by atoms with Crippen molar-refractivity contribution >= 4 is 44.9 Å². The van der Waals surface area contributed by atoms with Gasteiger partial charge in [0.15, 0.2) is 0 Å². The summed E-state index contributed by atoms with van der Waals surface area (Å²) in [6.45, 7) is 4.71. The lowest BCUT2D eigenvalue weighted by Gasteiger charge is -2.29. The highest BCUT2D eigenvalue weighted by Gasteiger charge is 2.35. The third-order valence-corrected chi connectivity index (χ3v) is 12.9. The molecule has 2 nitrogen and oxygen atoms in total. The number of hydrogen-bond acceptors (Lipinski definition) is 2.